The van der Waals surface area contributed by atoms with Gasteiger partial charge in [-0.25, -0.2) is 0 Å². The van der Waals surface area contributed by atoms with E-state index < -0.39 is 0 Å². The zero-order valence-electron chi connectivity index (χ0n) is 10.0. The smallest absolute Gasteiger partial charge is 0.343 e. The van der Waals surface area contributed by atoms with Crippen LogP contribution in [0, 0.1) is 0 Å². The van der Waals surface area contributed by atoms with Gasteiger partial charge in [0.1, 0.15) is 6.33 Å². The molecule has 0 aliphatic carbocycles. The summed E-state index contributed by atoms with van der Waals surface area (Å²) in [6.45, 7) is 3.69. The molecule has 0 aliphatic rings. The van der Waals surface area contributed by atoms with Crippen LogP contribution in [0.2, 0.25) is 5.28 Å². The highest BCUT2D eigenvalue weighted by molar-refractivity contribution is 6.28. The Hall–Kier alpha value is -1.96. The van der Waals surface area contributed by atoms with Crippen molar-refractivity contribution in [3.63, 3.8) is 0 Å². The lowest BCUT2D eigenvalue weighted by molar-refractivity contribution is 0.218. The largest absolute Gasteiger partial charge is 0.461 e. The first-order chi connectivity index (χ1) is 8.52. The SMILES string of the molecule is CC(C)Oc1nc(Cl)nc(Oc2ncn(C)n2)n1. The van der Waals surface area contributed by atoms with Gasteiger partial charge in [-0.1, -0.05) is 0 Å². The summed E-state index contributed by atoms with van der Waals surface area (Å²) in [7, 11) is 1.72. The van der Waals surface area contributed by atoms with Crippen molar-refractivity contribution in [2.24, 2.45) is 7.05 Å². The molecule has 0 fully saturated rings. The molecule has 0 N–H and O–H groups in total. The van der Waals surface area contributed by atoms with Crippen LogP contribution in [0.4, 0.5) is 0 Å². The average molecular weight is 271 g/mol. The molecule has 0 spiro atoms. The van der Waals surface area contributed by atoms with Gasteiger partial charge in [-0.2, -0.15) is 15.0 Å². The first-order valence-electron chi connectivity index (χ1n) is 5.14. The number of ether oxygens (including phenoxy) is 2. The molecular weight excluding hydrogens is 260 g/mol. The number of halogens is 1. The van der Waals surface area contributed by atoms with E-state index in [9.17, 15) is 0 Å². The fraction of sp³-hybridized carbons (Fsp3) is 0.444. The van der Waals surface area contributed by atoms with E-state index >= 15 is 0 Å². The summed E-state index contributed by atoms with van der Waals surface area (Å²) in [6.07, 6.45) is 1.41. The summed E-state index contributed by atoms with van der Waals surface area (Å²) in [4.78, 5) is 15.4. The lowest BCUT2D eigenvalue weighted by Crippen LogP contribution is -2.09. The lowest BCUT2D eigenvalue weighted by Gasteiger charge is -2.07. The summed E-state index contributed by atoms with van der Waals surface area (Å²) in [5.74, 6) is 0. The topological polar surface area (TPSA) is 87.8 Å². The third-order valence-electron chi connectivity index (χ3n) is 1.67. The summed E-state index contributed by atoms with van der Waals surface area (Å²) in [5.41, 5.74) is 0. The molecule has 2 rings (SSSR count). The molecule has 0 amide bonds. The predicted octanol–water partition coefficient (Wildman–Crippen LogP) is 1.23. The van der Waals surface area contributed by atoms with Crippen molar-refractivity contribution in [2.75, 3.05) is 0 Å². The van der Waals surface area contributed by atoms with Crippen LogP contribution in [-0.4, -0.2) is 35.8 Å². The van der Waals surface area contributed by atoms with Crippen LogP contribution >= 0.6 is 11.6 Å². The number of rotatable bonds is 4. The van der Waals surface area contributed by atoms with Crippen LogP contribution in [-0.2, 0) is 7.05 Å². The fourth-order valence-electron chi connectivity index (χ4n) is 1.07. The van der Waals surface area contributed by atoms with Gasteiger partial charge in [0.25, 0.3) is 0 Å². The Bertz CT molecular complexity index is 544. The van der Waals surface area contributed by atoms with Gasteiger partial charge in [0, 0.05) is 7.05 Å². The molecule has 2 aromatic heterocycles. The Balaban J connectivity index is 2.19. The van der Waals surface area contributed by atoms with Crippen molar-refractivity contribution >= 4 is 11.6 Å². The van der Waals surface area contributed by atoms with Gasteiger partial charge in [-0.15, -0.1) is 10.1 Å². The molecule has 2 heterocycles. The van der Waals surface area contributed by atoms with E-state index in [1.807, 2.05) is 13.8 Å². The van der Waals surface area contributed by atoms with Crippen LogP contribution in [0.5, 0.6) is 18.0 Å². The molecule has 0 atom stereocenters. The fourth-order valence-corrected chi connectivity index (χ4v) is 1.22. The first-order valence-corrected chi connectivity index (χ1v) is 5.52. The maximum absolute atomic E-state index is 5.74. The van der Waals surface area contributed by atoms with E-state index in [0.717, 1.165) is 0 Å². The Kier molecular flexibility index (Phi) is 3.56. The van der Waals surface area contributed by atoms with E-state index in [1.165, 1.54) is 11.0 Å². The minimum absolute atomic E-state index is 0.0168. The average Bonchev–Trinajstić information content (AvgIpc) is 2.61. The van der Waals surface area contributed by atoms with E-state index in [-0.39, 0.29) is 29.4 Å². The Morgan fingerprint density at radius 2 is 1.89 bits per heavy atom. The van der Waals surface area contributed by atoms with Crippen molar-refractivity contribution in [2.45, 2.75) is 20.0 Å². The quantitative estimate of drug-likeness (QED) is 0.825. The van der Waals surface area contributed by atoms with Crippen molar-refractivity contribution in [3.8, 4) is 18.0 Å². The molecule has 2 aromatic rings. The molecule has 0 saturated carbocycles. The highest BCUT2D eigenvalue weighted by Gasteiger charge is 2.11. The van der Waals surface area contributed by atoms with Gasteiger partial charge in [0.15, 0.2) is 0 Å². The lowest BCUT2D eigenvalue weighted by atomic mass is 10.5. The number of aryl methyl sites for hydroxylation is 1. The third kappa shape index (κ3) is 3.27. The Morgan fingerprint density at radius 1 is 1.17 bits per heavy atom. The van der Waals surface area contributed by atoms with E-state index in [1.54, 1.807) is 7.05 Å². The molecule has 0 aromatic carbocycles. The number of hydrogen-bond donors (Lipinski definition) is 0. The highest BCUT2D eigenvalue weighted by Crippen LogP contribution is 2.17. The molecule has 0 aliphatic heterocycles. The molecule has 96 valence electrons. The van der Waals surface area contributed by atoms with Crippen LogP contribution in [0.3, 0.4) is 0 Å². The zero-order valence-corrected chi connectivity index (χ0v) is 10.8. The van der Waals surface area contributed by atoms with Gasteiger partial charge in [0.2, 0.25) is 5.28 Å². The molecule has 0 radical (unpaired) electrons. The Labute approximate surface area is 108 Å². The second-order valence-corrected chi connectivity index (χ2v) is 3.98. The maximum atomic E-state index is 5.74. The van der Waals surface area contributed by atoms with Crippen molar-refractivity contribution in [1.82, 2.24) is 29.7 Å². The number of nitrogens with zero attached hydrogens (tertiary/aromatic N) is 6. The summed E-state index contributed by atoms with van der Waals surface area (Å²) >= 11 is 5.74. The zero-order chi connectivity index (χ0) is 13.1. The highest BCUT2D eigenvalue weighted by atomic mass is 35.5. The predicted molar refractivity (Wildman–Crippen MR) is 61.7 cm³/mol. The molecule has 0 unspecified atom stereocenters. The monoisotopic (exact) mass is 270 g/mol. The third-order valence-corrected chi connectivity index (χ3v) is 1.84. The van der Waals surface area contributed by atoms with Crippen LogP contribution in [0.25, 0.3) is 0 Å². The van der Waals surface area contributed by atoms with E-state index in [4.69, 9.17) is 21.1 Å². The Morgan fingerprint density at radius 3 is 2.50 bits per heavy atom. The van der Waals surface area contributed by atoms with Gasteiger partial charge in [-0.05, 0) is 25.4 Å². The molecule has 0 bridgehead atoms. The number of aromatic nitrogens is 6. The van der Waals surface area contributed by atoms with Crippen molar-refractivity contribution in [1.29, 1.82) is 0 Å². The van der Waals surface area contributed by atoms with Crippen LogP contribution in [0.1, 0.15) is 13.8 Å². The number of hydrogen-bond acceptors (Lipinski definition) is 7. The minimum Gasteiger partial charge on any atom is -0.461 e. The molecule has 18 heavy (non-hydrogen) atoms. The normalized spacial score (nSPS) is 10.7. The summed E-state index contributed by atoms with van der Waals surface area (Å²) < 4.78 is 12.0. The van der Waals surface area contributed by atoms with Crippen molar-refractivity contribution in [3.05, 3.63) is 11.6 Å². The molecule has 0 saturated heterocycles. The van der Waals surface area contributed by atoms with Crippen molar-refractivity contribution < 1.29 is 9.47 Å². The van der Waals surface area contributed by atoms with Gasteiger partial charge < -0.3 is 9.47 Å². The van der Waals surface area contributed by atoms with Gasteiger partial charge in [0.05, 0.1) is 6.10 Å². The van der Waals surface area contributed by atoms with Gasteiger partial charge in [-0.3, -0.25) is 4.68 Å². The minimum atomic E-state index is -0.0794. The second-order valence-electron chi connectivity index (χ2n) is 3.64. The van der Waals surface area contributed by atoms with E-state index in [2.05, 4.69) is 25.0 Å². The molecule has 8 nitrogen and oxygen atoms in total. The molecule has 9 heteroatoms. The summed E-state index contributed by atoms with van der Waals surface area (Å²) in [5, 5.41) is 3.90. The van der Waals surface area contributed by atoms with Crippen LogP contribution in [0.15, 0.2) is 6.33 Å². The standard InChI is InChI=1S/C9H11ClN6O2/c1-5(2)17-8-12-6(10)13-9(14-8)18-7-11-4-16(3)15-7/h4-5H,1-3H3. The van der Waals surface area contributed by atoms with Gasteiger partial charge >= 0.3 is 18.0 Å². The molecular formula is C9H11ClN6O2. The first kappa shape index (κ1) is 12.5. The summed E-state index contributed by atoms with van der Waals surface area (Å²) in [6, 6.07) is 0.197. The van der Waals surface area contributed by atoms with Crippen LogP contribution < -0.4 is 9.47 Å². The van der Waals surface area contributed by atoms with E-state index in [0.29, 0.717) is 0 Å². The second kappa shape index (κ2) is 5.13. The maximum Gasteiger partial charge on any atom is 0.343 e.